The fourth-order valence-electron chi connectivity index (χ4n) is 4.14. The van der Waals surface area contributed by atoms with Gasteiger partial charge in [0.25, 0.3) is 0 Å². The number of ether oxygens (including phenoxy) is 2. The quantitative estimate of drug-likeness (QED) is 0.118. The topological polar surface area (TPSA) is 52.6 Å². The molecule has 0 aromatic heterocycles. The Morgan fingerprint density at radius 1 is 0.581 bits per heavy atom. The molecule has 0 aliphatic rings. The number of carbonyl (C=O) groups is 2. The minimum Gasteiger partial charge on any atom is -0.466 e. The maximum Gasteiger partial charge on any atom is 0.347 e. The van der Waals surface area contributed by atoms with Crippen LogP contribution in [-0.4, -0.2) is 25.2 Å². The van der Waals surface area contributed by atoms with Crippen molar-refractivity contribution in [2.24, 2.45) is 0 Å². The van der Waals surface area contributed by atoms with Gasteiger partial charge < -0.3 is 9.47 Å². The predicted molar refractivity (Wildman–Crippen MR) is 130 cm³/mol. The molecule has 0 aliphatic carbocycles. The van der Waals surface area contributed by atoms with Crippen LogP contribution in [0.1, 0.15) is 149 Å². The predicted octanol–water partition coefficient (Wildman–Crippen LogP) is 8.30. The Balaban J connectivity index is 3.27. The zero-order valence-electron chi connectivity index (χ0n) is 21.1. The maximum absolute atomic E-state index is 11.6. The molecule has 0 heterocycles. The summed E-state index contributed by atoms with van der Waals surface area (Å²) in [5.41, 5.74) is 0. The zero-order valence-corrected chi connectivity index (χ0v) is 21.1. The second kappa shape index (κ2) is 23.6. The molecule has 0 N–H and O–H groups in total. The highest BCUT2D eigenvalue weighted by Gasteiger charge is 2.21. The third kappa shape index (κ3) is 21.9. The maximum atomic E-state index is 11.6. The monoisotopic (exact) mass is 440 g/mol. The van der Waals surface area contributed by atoms with Gasteiger partial charge in [-0.25, -0.2) is 4.79 Å². The van der Waals surface area contributed by atoms with E-state index in [4.69, 9.17) is 9.47 Å². The van der Waals surface area contributed by atoms with E-state index in [1.165, 1.54) is 130 Å². The first kappa shape index (κ1) is 29.9. The number of carbonyl (C=O) groups excluding carboxylic acids is 2. The van der Waals surface area contributed by atoms with Crippen LogP contribution in [0.2, 0.25) is 0 Å². The summed E-state index contributed by atoms with van der Waals surface area (Å²) in [6, 6.07) is 0. The van der Waals surface area contributed by atoms with E-state index < -0.39 is 18.0 Å². The van der Waals surface area contributed by atoms with Crippen molar-refractivity contribution in [1.29, 1.82) is 0 Å². The molecule has 1 atom stereocenters. The molecule has 1 unspecified atom stereocenters. The SMILES string of the molecule is CCCCCCCCCCCCCCCCCCCCCCC(OC(C)=O)C(=O)OC. The third-order valence-corrected chi connectivity index (χ3v) is 6.09. The summed E-state index contributed by atoms with van der Waals surface area (Å²) in [5, 5.41) is 0. The lowest BCUT2D eigenvalue weighted by molar-refractivity contribution is -0.165. The first-order valence-electron chi connectivity index (χ1n) is 13.4. The Labute approximate surface area is 193 Å². The summed E-state index contributed by atoms with van der Waals surface area (Å²) >= 11 is 0. The normalized spacial score (nSPS) is 12.0. The molecular weight excluding hydrogens is 388 g/mol. The van der Waals surface area contributed by atoms with Gasteiger partial charge in [-0.15, -0.1) is 0 Å². The van der Waals surface area contributed by atoms with Gasteiger partial charge in [-0.1, -0.05) is 129 Å². The number of rotatable bonds is 23. The Kier molecular flexibility index (Phi) is 22.8. The summed E-state index contributed by atoms with van der Waals surface area (Å²) in [6.07, 6.45) is 26.8. The molecule has 0 spiro atoms. The molecule has 0 rings (SSSR count). The van der Waals surface area contributed by atoms with Gasteiger partial charge >= 0.3 is 11.9 Å². The van der Waals surface area contributed by atoms with Crippen LogP contribution in [0.15, 0.2) is 0 Å². The summed E-state index contributed by atoms with van der Waals surface area (Å²) < 4.78 is 9.72. The van der Waals surface area contributed by atoms with E-state index in [0.29, 0.717) is 6.42 Å². The summed E-state index contributed by atoms with van der Waals surface area (Å²) in [4.78, 5) is 22.6. The minimum atomic E-state index is -0.738. The molecule has 0 aliphatic heterocycles. The molecule has 0 saturated heterocycles. The van der Waals surface area contributed by atoms with Gasteiger partial charge in [0.2, 0.25) is 0 Å². The fraction of sp³-hybridized carbons (Fsp3) is 0.926. The lowest BCUT2D eigenvalue weighted by Crippen LogP contribution is -2.27. The van der Waals surface area contributed by atoms with Crippen molar-refractivity contribution in [2.45, 2.75) is 155 Å². The standard InChI is InChI=1S/C27H52O4/c1-4-5-6-7-8-9-10-11-12-13-14-15-16-17-18-19-20-21-22-23-24-26(27(29)30-3)31-25(2)28/h26H,4-24H2,1-3H3. The Morgan fingerprint density at radius 2 is 0.903 bits per heavy atom. The fourth-order valence-corrected chi connectivity index (χ4v) is 4.14. The van der Waals surface area contributed by atoms with Crippen molar-refractivity contribution in [3.8, 4) is 0 Å². The van der Waals surface area contributed by atoms with Gasteiger partial charge in [-0.3, -0.25) is 4.79 Å². The molecule has 0 saturated carbocycles. The average Bonchev–Trinajstić information content (AvgIpc) is 2.76. The largest absolute Gasteiger partial charge is 0.466 e. The molecule has 0 radical (unpaired) electrons. The number of hydrogen-bond acceptors (Lipinski definition) is 4. The van der Waals surface area contributed by atoms with Crippen molar-refractivity contribution >= 4 is 11.9 Å². The van der Waals surface area contributed by atoms with Crippen LogP contribution in [0.25, 0.3) is 0 Å². The highest BCUT2D eigenvalue weighted by Crippen LogP contribution is 2.16. The molecule has 31 heavy (non-hydrogen) atoms. The number of hydrogen-bond donors (Lipinski definition) is 0. The average molecular weight is 441 g/mol. The molecule has 0 aromatic carbocycles. The van der Waals surface area contributed by atoms with Crippen LogP contribution in [0.3, 0.4) is 0 Å². The zero-order chi connectivity index (χ0) is 23.0. The summed E-state index contributed by atoms with van der Waals surface area (Å²) in [6.45, 7) is 3.61. The molecule has 0 bridgehead atoms. The van der Waals surface area contributed by atoms with Crippen molar-refractivity contribution in [3.63, 3.8) is 0 Å². The van der Waals surface area contributed by atoms with Gasteiger partial charge in [0.05, 0.1) is 7.11 Å². The van der Waals surface area contributed by atoms with Gasteiger partial charge in [0.1, 0.15) is 0 Å². The van der Waals surface area contributed by atoms with E-state index in [-0.39, 0.29) is 0 Å². The lowest BCUT2D eigenvalue weighted by atomic mass is 10.0. The Morgan fingerprint density at radius 3 is 1.19 bits per heavy atom. The van der Waals surface area contributed by atoms with Crippen molar-refractivity contribution < 1.29 is 19.1 Å². The summed E-state index contributed by atoms with van der Waals surface area (Å²) in [7, 11) is 1.33. The second-order valence-corrected chi connectivity index (χ2v) is 9.13. The lowest BCUT2D eigenvalue weighted by Gasteiger charge is -2.14. The molecule has 4 heteroatoms. The molecular formula is C27H52O4. The van der Waals surface area contributed by atoms with Crippen LogP contribution < -0.4 is 0 Å². The second-order valence-electron chi connectivity index (χ2n) is 9.13. The number of esters is 2. The van der Waals surface area contributed by atoms with E-state index in [1.807, 2.05) is 0 Å². The van der Waals surface area contributed by atoms with Gasteiger partial charge in [0, 0.05) is 6.92 Å². The van der Waals surface area contributed by atoms with Crippen LogP contribution in [-0.2, 0) is 19.1 Å². The van der Waals surface area contributed by atoms with Gasteiger partial charge in [-0.2, -0.15) is 0 Å². The highest BCUT2D eigenvalue weighted by molar-refractivity contribution is 5.78. The smallest absolute Gasteiger partial charge is 0.347 e. The van der Waals surface area contributed by atoms with E-state index >= 15 is 0 Å². The van der Waals surface area contributed by atoms with E-state index in [0.717, 1.165) is 12.8 Å². The van der Waals surface area contributed by atoms with Crippen LogP contribution >= 0.6 is 0 Å². The number of unbranched alkanes of at least 4 members (excludes halogenated alkanes) is 19. The molecule has 4 nitrogen and oxygen atoms in total. The Hall–Kier alpha value is -1.06. The van der Waals surface area contributed by atoms with Crippen LogP contribution in [0, 0.1) is 0 Å². The molecule has 0 amide bonds. The first-order valence-corrected chi connectivity index (χ1v) is 13.4. The van der Waals surface area contributed by atoms with E-state index in [1.54, 1.807) is 0 Å². The molecule has 0 aromatic rings. The van der Waals surface area contributed by atoms with Crippen LogP contribution in [0.5, 0.6) is 0 Å². The van der Waals surface area contributed by atoms with Crippen molar-refractivity contribution in [1.82, 2.24) is 0 Å². The van der Waals surface area contributed by atoms with Gasteiger partial charge in [-0.05, 0) is 12.8 Å². The van der Waals surface area contributed by atoms with Gasteiger partial charge in [0.15, 0.2) is 6.10 Å². The van der Waals surface area contributed by atoms with E-state index in [9.17, 15) is 9.59 Å². The van der Waals surface area contributed by atoms with E-state index in [2.05, 4.69) is 6.92 Å². The third-order valence-electron chi connectivity index (χ3n) is 6.09. The minimum absolute atomic E-state index is 0.427. The molecule has 0 fully saturated rings. The van der Waals surface area contributed by atoms with Crippen molar-refractivity contribution in [2.75, 3.05) is 7.11 Å². The van der Waals surface area contributed by atoms with Crippen LogP contribution in [0.4, 0.5) is 0 Å². The van der Waals surface area contributed by atoms with Crippen molar-refractivity contribution in [3.05, 3.63) is 0 Å². The Bertz CT molecular complexity index is 408. The summed E-state index contributed by atoms with van der Waals surface area (Å²) in [5.74, 6) is -0.878. The molecule has 184 valence electrons. The first-order chi connectivity index (χ1) is 15.1. The number of methoxy groups -OCH3 is 1. The highest BCUT2D eigenvalue weighted by atomic mass is 16.6.